The Labute approximate surface area is 163 Å². The molecule has 2 aromatic carbocycles. The highest BCUT2D eigenvalue weighted by Gasteiger charge is 2.24. The van der Waals surface area contributed by atoms with E-state index in [1.807, 2.05) is 45.0 Å². The van der Waals surface area contributed by atoms with Gasteiger partial charge >= 0.3 is 5.63 Å². The lowest BCUT2D eigenvalue weighted by Crippen LogP contribution is -2.32. The van der Waals surface area contributed by atoms with Gasteiger partial charge in [-0.25, -0.2) is 4.79 Å². The van der Waals surface area contributed by atoms with Crippen LogP contribution < -0.4 is 10.4 Å². The summed E-state index contributed by atoms with van der Waals surface area (Å²) >= 11 is 6.31. The van der Waals surface area contributed by atoms with Gasteiger partial charge in [0.2, 0.25) is 0 Å². The van der Waals surface area contributed by atoms with E-state index >= 15 is 0 Å². The van der Waals surface area contributed by atoms with Gasteiger partial charge in [-0.3, -0.25) is 4.90 Å². The van der Waals surface area contributed by atoms with Gasteiger partial charge in [0.05, 0.1) is 0 Å². The van der Waals surface area contributed by atoms with Crippen LogP contribution in [0.1, 0.15) is 34.7 Å². The lowest BCUT2D eigenvalue weighted by Gasteiger charge is -2.30. The molecule has 1 aliphatic heterocycles. The Bertz CT molecular complexity index is 1090. The minimum Gasteiger partial charge on any atom is -0.477 e. The molecule has 0 aliphatic carbocycles. The predicted molar refractivity (Wildman–Crippen MR) is 108 cm³/mol. The predicted octanol–water partition coefficient (Wildman–Crippen LogP) is 4.98. The lowest BCUT2D eigenvalue weighted by molar-refractivity contribution is 0.0881. The van der Waals surface area contributed by atoms with Crippen LogP contribution in [0.15, 0.2) is 39.5 Å². The quantitative estimate of drug-likeness (QED) is 0.598. The van der Waals surface area contributed by atoms with Crippen molar-refractivity contribution in [1.82, 2.24) is 4.90 Å². The largest absolute Gasteiger partial charge is 0.477 e. The average molecular weight is 384 g/mol. The van der Waals surface area contributed by atoms with E-state index in [1.165, 1.54) is 0 Å². The fraction of sp³-hybridized carbons (Fsp3) is 0.318. The maximum Gasteiger partial charge on any atom is 0.339 e. The van der Waals surface area contributed by atoms with Crippen LogP contribution >= 0.6 is 11.6 Å². The van der Waals surface area contributed by atoms with Crippen LogP contribution in [0, 0.1) is 13.8 Å². The SMILES string of the molecule is CCc1c(C)c2cc3c(c(C)c2oc1=O)OCN(Cc1ccccc1Cl)C3. The van der Waals surface area contributed by atoms with Gasteiger partial charge in [0.1, 0.15) is 18.1 Å². The van der Waals surface area contributed by atoms with Crippen molar-refractivity contribution in [2.75, 3.05) is 6.73 Å². The van der Waals surface area contributed by atoms with E-state index in [2.05, 4.69) is 11.0 Å². The number of hydrogen-bond donors (Lipinski definition) is 0. The summed E-state index contributed by atoms with van der Waals surface area (Å²) < 4.78 is 11.7. The Hall–Kier alpha value is -2.30. The van der Waals surface area contributed by atoms with Crippen molar-refractivity contribution in [2.24, 2.45) is 0 Å². The van der Waals surface area contributed by atoms with Gasteiger partial charge < -0.3 is 9.15 Å². The molecule has 4 nitrogen and oxygen atoms in total. The van der Waals surface area contributed by atoms with Gasteiger partial charge in [0.15, 0.2) is 0 Å². The molecule has 0 radical (unpaired) electrons. The van der Waals surface area contributed by atoms with Crippen molar-refractivity contribution in [3.63, 3.8) is 0 Å². The van der Waals surface area contributed by atoms with Crippen molar-refractivity contribution >= 4 is 22.6 Å². The van der Waals surface area contributed by atoms with Gasteiger partial charge in [0, 0.05) is 40.2 Å². The minimum absolute atomic E-state index is 0.248. The molecule has 0 atom stereocenters. The fourth-order valence-corrected chi connectivity index (χ4v) is 4.07. The van der Waals surface area contributed by atoms with E-state index in [0.717, 1.165) is 57.1 Å². The second-order valence-corrected chi connectivity index (χ2v) is 7.47. The second kappa shape index (κ2) is 7.02. The Balaban J connectivity index is 1.75. The van der Waals surface area contributed by atoms with Crippen LogP contribution in [0.25, 0.3) is 11.0 Å². The molecule has 140 valence electrons. The van der Waals surface area contributed by atoms with Crippen LogP contribution in [-0.4, -0.2) is 11.6 Å². The zero-order valence-corrected chi connectivity index (χ0v) is 16.5. The molecule has 27 heavy (non-hydrogen) atoms. The zero-order valence-electron chi connectivity index (χ0n) is 15.8. The first-order valence-corrected chi connectivity index (χ1v) is 9.54. The molecule has 3 aromatic rings. The van der Waals surface area contributed by atoms with Gasteiger partial charge in [-0.1, -0.05) is 36.7 Å². The zero-order chi connectivity index (χ0) is 19.1. The molecule has 0 fully saturated rings. The van der Waals surface area contributed by atoms with E-state index in [0.29, 0.717) is 18.7 Å². The first-order valence-electron chi connectivity index (χ1n) is 9.17. The molecule has 0 saturated carbocycles. The minimum atomic E-state index is -0.248. The standard InChI is InChI=1S/C22H22ClNO3/c1-4-17-13(2)18-9-16-11-24(10-15-7-5-6-8-19(15)23)12-26-20(16)14(3)21(18)27-22(17)25/h5-9H,4,10-12H2,1-3H3. The molecule has 2 heterocycles. The summed E-state index contributed by atoms with van der Waals surface area (Å²) in [6.45, 7) is 7.89. The number of halogens is 1. The van der Waals surface area contributed by atoms with Crippen molar-refractivity contribution in [3.05, 3.63) is 73.6 Å². The Morgan fingerprint density at radius 2 is 1.96 bits per heavy atom. The highest BCUT2D eigenvalue weighted by Crippen LogP contribution is 2.36. The highest BCUT2D eigenvalue weighted by atomic mass is 35.5. The third-order valence-corrected chi connectivity index (χ3v) is 5.69. The number of hydrogen-bond acceptors (Lipinski definition) is 4. The molecule has 5 heteroatoms. The van der Waals surface area contributed by atoms with Crippen molar-refractivity contribution in [2.45, 2.75) is 40.3 Å². The summed E-state index contributed by atoms with van der Waals surface area (Å²) in [7, 11) is 0. The van der Waals surface area contributed by atoms with Crippen LogP contribution in [0.2, 0.25) is 5.02 Å². The smallest absolute Gasteiger partial charge is 0.339 e. The van der Waals surface area contributed by atoms with Crippen molar-refractivity contribution in [1.29, 1.82) is 0 Å². The Kier molecular flexibility index (Phi) is 4.70. The van der Waals surface area contributed by atoms with E-state index in [4.69, 9.17) is 20.8 Å². The molecular weight excluding hydrogens is 362 g/mol. The summed E-state index contributed by atoms with van der Waals surface area (Å²) in [5.74, 6) is 0.824. The topological polar surface area (TPSA) is 42.7 Å². The number of nitrogens with zero attached hydrogens (tertiary/aromatic N) is 1. The molecule has 1 aliphatic rings. The van der Waals surface area contributed by atoms with Gasteiger partial charge in [-0.2, -0.15) is 0 Å². The molecule has 0 amide bonds. The molecule has 1 aromatic heterocycles. The summed E-state index contributed by atoms with van der Waals surface area (Å²) in [6, 6.07) is 9.98. The monoisotopic (exact) mass is 383 g/mol. The van der Waals surface area contributed by atoms with Gasteiger partial charge in [-0.15, -0.1) is 0 Å². The number of rotatable bonds is 3. The van der Waals surface area contributed by atoms with Gasteiger partial charge in [0.25, 0.3) is 0 Å². The molecular formula is C22H22ClNO3. The summed E-state index contributed by atoms with van der Waals surface area (Å²) in [4.78, 5) is 14.5. The average Bonchev–Trinajstić information content (AvgIpc) is 2.65. The third kappa shape index (κ3) is 3.13. The number of fused-ring (bicyclic) bond motifs is 2. The summed E-state index contributed by atoms with van der Waals surface area (Å²) in [5, 5.41) is 1.76. The summed E-state index contributed by atoms with van der Waals surface area (Å²) in [6.07, 6.45) is 0.662. The molecule has 0 saturated heterocycles. The van der Waals surface area contributed by atoms with E-state index in [1.54, 1.807) is 0 Å². The number of ether oxygens (including phenoxy) is 1. The van der Waals surface area contributed by atoms with Crippen LogP contribution in [0.4, 0.5) is 0 Å². The highest BCUT2D eigenvalue weighted by molar-refractivity contribution is 6.31. The normalized spacial score (nSPS) is 14.2. The number of aryl methyl sites for hydroxylation is 2. The van der Waals surface area contributed by atoms with E-state index in [9.17, 15) is 4.79 Å². The van der Waals surface area contributed by atoms with Gasteiger partial charge in [-0.05, 0) is 43.5 Å². The summed E-state index contributed by atoms with van der Waals surface area (Å²) in [5.41, 5.74) is 5.21. The maximum absolute atomic E-state index is 12.3. The Morgan fingerprint density at radius 1 is 1.19 bits per heavy atom. The molecule has 4 rings (SSSR count). The third-order valence-electron chi connectivity index (χ3n) is 5.32. The number of benzene rings is 2. The van der Waals surface area contributed by atoms with Crippen LogP contribution in [0.3, 0.4) is 0 Å². The van der Waals surface area contributed by atoms with Crippen molar-refractivity contribution in [3.8, 4) is 5.75 Å². The fourth-order valence-electron chi connectivity index (χ4n) is 3.87. The molecule has 0 unspecified atom stereocenters. The molecule has 0 bridgehead atoms. The van der Waals surface area contributed by atoms with E-state index < -0.39 is 0 Å². The molecule has 0 N–H and O–H groups in total. The Morgan fingerprint density at radius 3 is 2.70 bits per heavy atom. The van der Waals surface area contributed by atoms with Crippen LogP contribution in [0.5, 0.6) is 5.75 Å². The second-order valence-electron chi connectivity index (χ2n) is 7.07. The lowest BCUT2D eigenvalue weighted by atomic mass is 9.98. The first-order chi connectivity index (χ1) is 13.0. The van der Waals surface area contributed by atoms with Crippen molar-refractivity contribution < 1.29 is 9.15 Å². The van der Waals surface area contributed by atoms with E-state index in [-0.39, 0.29) is 5.63 Å². The first kappa shape index (κ1) is 18.1. The molecule has 0 spiro atoms. The van der Waals surface area contributed by atoms with Crippen LogP contribution in [-0.2, 0) is 19.5 Å². The maximum atomic E-state index is 12.3.